The molecule has 39 heavy (non-hydrogen) atoms. The van der Waals surface area contributed by atoms with Gasteiger partial charge in [0.25, 0.3) is 11.2 Å². The number of aromatic nitrogens is 2. The minimum atomic E-state index is -0.927. The number of para-hydroxylation sites is 1. The molecular weight excluding hydrogens is 516 g/mol. The molecule has 0 spiro atoms. The van der Waals surface area contributed by atoms with Crippen LogP contribution in [0.5, 0.6) is 0 Å². The van der Waals surface area contributed by atoms with Gasteiger partial charge in [-0.1, -0.05) is 47.7 Å². The first-order chi connectivity index (χ1) is 18.7. The average molecular weight is 543 g/mol. The Morgan fingerprint density at radius 1 is 1.26 bits per heavy atom. The molecule has 1 aliphatic heterocycles. The lowest BCUT2D eigenvalue weighted by molar-refractivity contribution is -0.385. The SMILES string of the molecule is C=CCn1cc(/C=c2/sc3n(c2=O)[C@H](c2ccc(C)c([N+](=O)[O-])c2)C(C(=O)OCC)=C(C)N=3)c2ccccc21. The second kappa shape index (κ2) is 10.3. The quantitative estimate of drug-likeness (QED) is 0.151. The van der Waals surface area contributed by atoms with E-state index in [-0.39, 0.29) is 23.4 Å². The molecule has 1 atom stereocenters. The number of carbonyl (C=O) groups excluding carboxylic acids is 1. The Labute approximate surface area is 227 Å². The largest absolute Gasteiger partial charge is 0.463 e. The summed E-state index contributed by atoms with van der Waals surface area (Å²) in [5.41, 5.74) is 2.92. The number of benzene rings is 2. The molecule has 0 amide bonds. The van der Waals surface area contributed by atoms with Crippen molar-refractivity contribution < 1.29 is 14.5 Å². The van der Waals surface area contributed by atoms with E-state index in [4.69, 9.17) is 4.74 Å². The molecule has 2 aromatic heterocycles. The maximum atomic E-state index is 13.9. The molecule has 0 N–H and O–H groups in total. The van der Waals surface area contributed by atoms with E-state index in [9.17, 15) is 19.7 Å². The molecule has 9 nitrogen and oxygen atoms in total. The van der Waals surface area contributed by atoms with Gasteiger partial charge in [-0.05, 0) is 38.5 Å². The smallest absolute Gasteiger partial charge is 0.338 e. The van der Waals surface area contributed by atoms with Crippen LogP contribution in [0.2, 0.25) is 0 Å². The minimum absolute atomic E-state index is 0.0949. The monoisotopic (exact) mass is 542 g/mol. The molecule has 0 saturated carbocycles. The number of esters is 1. The number of aryl methyl sites for hydroxylation is 1. The summed E-state index contributed by atoms with van der Waals surface area (Å²) in [6.45, 7) is 9.60. The molecule has 0 bridgehead atoms. The highest BCUT2D eigenvalue weighted by molar-refractivity contribution is 7.07. The molecular formula is C29H26N4O5S. The van der Waals surface area contributed by atoms with E-state index >= 15 is 0 Å². The van der Waals surface area contributed by atoms with Gasteiger partial charge in [-0.2, -0.15) is 0 Å². The van der Waals surface area contributed by atoms with Gasteiger partial charge in [0.15, 0.2) is 4.80 Å². The van der Waals surface area contributed by atoms with E-state index in [1.54, 1.807) is 32.9 Å². The molecule has 0 radical (unpaired) electrons. The number of thiazole rings is 1. The van der Waals surface area contributed by atoms with Crippen LogP contribution in [0.15, 0.2) is 82.4 Å². The predicted molar refractivity (Wildman–Crippen MR) is 150 cm³/mol. The number of hydrogen-bond acceptors (Lipinski definition) is 7. The number of nitro benzene ring substituents is 1. The van der Waals surface area contributed by atoms with Crippen molar-refractivity contribution in [2.75, 3.05) is 6.61 Å². The topological polar surface area (TPSA) is 109 Å². The van der Waals surface area contributed by atoms with Gasteiger partial charge in [0.1, 0.15) is 0 Å². The molecule has 198 valence electrons. The molecule has 5 rings (SSSR count). The van der Waals surface area contributed by atoms with Crippen molar-refractivity contribution in [2.45, 2.75) is 33.4 Å². The zero-order chi connectivity index (χ0) is 27.8. The van der Waals surface area contributed by atoms with E-state index in [0.29, 0.717) is 32.7 Å². The second-order valence-corrected chi connectivity index (χ2v) is 10.2. The van der Waals surface area contributed by atoms with Gasteiger partial charge in [0.05, 0.1) is 33.4 Å². The van der Waals surface area contributed by atoms with Crippen molar-refractivity contribution in [3.63, 3.8) is 0 Å². The average Bonchev–Trinajstić information content (AvgIpc) is 3.40. The third-order valence-electron chi connectivity index (χ3n) is 6.69. The fourth-order valence-electron chi connectivity index (χ4n) is 4.92. The van der Waals surface area contributed by atoms with E-state index in [0.717, 1.165) is 16.5 Å². The van der Waals surface area contributed by atoms with Crippen molar-refractivity contribution in [3.05, 3.63) is 119 Å². The summed E-state index contributed by atoms with van der Waals surface area (Å²) in [4.78, 5) is 43.3. The number of allylic oxidation sites excluding steroid dienone is 2. The van der Waals surface area contributed by atoms with Crippen LogP contribution < -0.4 is 14.9 Å². The van der Waals surface area contributed by atoms with Crippen molar-refractivity contribution in [1.29, 1.82) is 0 Å². The molecule has 0 fully saturated rings. The Morgan fingerprint density at radius 2 is 2.03 bits per heavy atom. The van der Waals surface area contributed by atoms with Gasteiger partial charge in [0.2, 0.25) is 0 Å². The summed E-state index contributed by atoms with van der Waals surface area (Å²) < 4.78 is 9.24. The van der Waals surface area contributed by atoms with Gasteiger partial charge in [-0.15, -0.1) is 6.58 Å². The van der Waals surface area contributed by atoms with Crippen LogP contribution in [0.4, 0.5) is 5.69 Å². The van der Waals surface area contributed by atoms with E-state index in [1.807, 2.05) is 42.6 Å². The fraction of sp³-hybridized carbons (Fsp3) is 0.207. The Bertz CT molecular complexity index is 1880. The van der Waals surface area contributed by atoms with Crippen LogP contribution in [0.1, 0.15) is 36.6 Å². The molecule has 4 aromatic rings. The van der Waals surface area contributed by atoms with Crippen LogP contribution >= 0.6 is 11.3 Å². The van der Waals surface area contributed by atoms with Crippen LogP contribution in [0.3, 0.4) is 0 Å². The van der Waals surface area contributed by atoms with Gasteiger partial charge in [-0.25, -0.2) is 9.79 Å². The highest BCUT2D eigenvalue weighted by Crippen LogP contribution is 2.33. The zero-order valence-corrected chi connectivity index (χ0v) is 22.5. The maximum absolute atomic E-state index is 13.9. The highest BCUT2D eigenvalue weighted by atomic mass is 32.1. The number of ether oxygens (including phenoxy) is 1. The minimum Gasteiger partial charge on any atom is -0.463 e. The number of fused-ring (bicyclic) bond motifs is 2. The summed E-state index contributed by atoms with van der Waals surface area (Å²) >= 11 is 1.21. The van der Waals surface area contributed by atoms with E-state index < -0.39 is 16.9 Å². The maximum Gasteiger partial charge on any atom is 0.338 e. The third-order valence-corrected chi connectivity index (χ3v) is 7.68. The van der Waals surface area contributed by atoms with Gasteiger partial charge < -0.3 is 9.30 Å². The summed E-state index contributed by atoms with van der Waals surface area (Å²) in [5, 5.41) is 12.7. The first-order valence-corrected chi connectivity index (χ1v) is 13.2. The third kappa shape index (κ3) is 4.52. The molecule has 10 heteroatoms. The Hall–Kier alpha value is -4.57. The molecule has 3 heterocycles. The van der Waals surface area contributed by atoms with Crippen molar-refractivity contribution in [2.24, 2.45) is 4.99 Å². The standard InChI is InChI=1S/C29H26N4O5S/c1-5-13-31-16-20(21-9-7-8-10-22(21)31)15-24-27(34)32-26(19-12-11-17(3)23(14-19)33(36)37)25(28(35)38-6-2)18(4)30-29(32)39-24/h5,7-12,14-16,26H,1,6,13H2,2-4H3/b24-15+/t26-/m1/s1. The van der Waals surface area contributed by atoms with Crippen molar-refractivity contribution >= 4 is 40.0 Å². The second-order valence-electron chi connectivity index (χ2n) is 9.15. The predicted octanol–water partition coefficient (Wildman–Crippen LogP) is 4.16. The van der Waals surface area contributed by atoms with Crippen molar-refractivity contribution in [3.8, 4) is 0 Å². The number of nitro groups is 1. The first-order valence-electron chi connectivity index (χ1n) is 12.4. The zero-order valence-electron chi connectivity index (χ0n) is 21.7. The van der Waals surface area contributed by atoms with E-state index in [2.05, 4.69) is 16.1 Å². The number of carbonyl (C=O) groups is 1. The molecule has 0 saturated heterocycles. The lowest BCUT2D eigenvalue weighted by Gasteiger charge is -2.24. The fourth-order valence-corrected chi connectivity index (χ4v) is 5.96. The van der Waals surface area contributed by atoms with E-state index in [1.165, 1.54) is 22.0 Å². The Kier molecular flexibility index (Phi) is 6.88. The first kappa shape index (κ1) is 26.1. The molecule has 0 aliphatic carbocycles. The van der Waals surface area contributed by atoms with Crippen LogP contribution in [-0.4, -0.2) is 26.6 Å². The van der Waals surface area contributed by atoms with Crippen LogP contribution in [0.25, 0.3) is 17.0 Å². The summed E-state index contributed by atoms with van der Waals surface area (Å²) in [5.74, 6) is -0.617. The summed E-state index contributed by atoms with van der Waals surface area (Å²) in [7, 11) is 0. The number of nitrogens with zero attached hydrogens (tertiary/aromatic N) is 4. The van der Waals surface area contributed by atoms with Gasteiger partial charge in [-0.3, -0.25) is 19.5 Å². The van der Waals surface area contributed by atoms with Crippen molar-refractivity contribution in [1.82, 2.24) is 9.13 Å². The lowest BCUT2D eigenvalue weighted by Crippen LogP contribution is -2.40. The summed E-state index contributed by atoms with van der Waals surface area (Å²) in [6, 6.07) is 11.7. The molecule has 2 aromatic carbocycles. The number of rotatable bonds is 7. The number of hydrogen-bond donors (Lipinski definition) is 0. The summed E-state index contributed by atoms with van der Waals surface area (Å²) in [6.07, 6.45) is 5.61. The highest BCUT2D eigenvalue weighted by Gasteiger charge is 2.34. The lowest BCUT2D eigenvalue weighted by atomic mass is 9.94. The van der Waals surface area contributed by atoms with Crippen LogP contribution in [-0.2, 0) is 16.1 Å². The van der Waals surface area contributed by atoms with Crippen LogP contribution in [0, 0.1) is 17.0 Å². The molecule has 0 unspecified atom stereocenters. The molecule has 1 aliphatic rings. The van der Waals surface area contributed by atoms with Gasteiger partial charge in [0, 0.05) is 40.8 Å². The Morgan fingerprint density at radius 3 is 2.74 bits per heavy atom. The normalized spacial score (nSPS) is 15.3. The Balaban J connectivity index is 1.76. The van der Waals surface area contributed by atoms with Gasteiger partial charge >= 0.3 is 5.97 Å².